The van der Waals surface area contributed by atoms with Crippen LogP contribution in [-0.4, -0.2) is 44.8 Å². The zero-order chi connectivity index (χ0) is 13.7. The van der Waals surface area contributed by atoms with Crippen molar-refractivity contribution < 1.29 is 14.6 Å². The van der Waals surface area contributed by atoms with Crippen LogP contribution in [0, 0.1) is 5.92 Å². The van der Waals surface area contributed by atoms with E-state index in [4.69, 9.17) is 15.6 Å². The Bertz CT molecular complexity index is 434. The SMILES string of the molecule is Nc1nnc(SCC(=O)O)n1CCCOCC1CC1. The molecule has 1 aliphatic carbocycles. The van der Waals surface area contributed by atoms with Crippen molar-refractivity contribution >= 4 is 23.7 Å². The van der Waals surface area contributed by atoms with E-state index in [-0.39, 0.29) is 5.75 Å². The standard InChI is InChI=1S/C11H18N4O3S/c12-10-13-14-11(19-7-9(16)17)15(10)4-1-5-18-6-8-2-3-8/h8H,1-7H2,(H2,12,13)(H,16,17). The van der Waals surface area contributed by atoms with Crippen LogP contribution in [0.3, 0.4) is 0 Å². The first-order valence-electron chi connectivity index (χ1n) is 6.28. The van der Waals surface area contributed by atoms with Gasteiger partial charge in [0.1, 0.15) is 0 Å². The number of anilines is 1. The highest BCUT2D eigenvalue weighted by molar-refractivity contribution is 7.99. The zero-order valence-corrected chi connectivity index (χ0v) is 11.4. The van der Waals surface area contributed by atoms with Gasteiger partial charge in [0.05, 0.1) is 5.75 Å². The maximum absolute atomic E-state index is 10.5. The second kappa shape index (κ2) is 6.76. The first-order chi connectivity index (χ1) is 9.16. The lowest BCUT2D eigenvalue weighted by molar-refractivity contribution is -0.133. The van der Waals surface area contributed by atoms with E-state index in [9.17, 15) is 4.79 Å². The van der Waals surface area contributed by atoms with E-state index >= 15 is 0 Å². The number of nitrogen functional groups attached to an aromatic ring is 1. The maximum Gasteiger partial charge on any atom is 0.313 e. The molecule has 0 amide bonds. The molecule has 7 nitrogen and oxygen atoms in total. The van der Waals surface area contributed by atoms with Crippen molar-refractivity contribution in [1.29, 1.82) is 0 Å². The van der Waals surface area contributed by atoms with Crippen LogP contribution in [0.1, 0.15) is 19.3 Å². The molecule has 0 unspecified atom stereocenters. The van der Waals surface area contributed by atoms with Gasteiger partial charge in [0.2, 0.25) is 5.95 Å². The summed E-state index contributed by atoms with van der Waals surface area (Å²) in [4.78, 5) is 10.5. The highest BCUT2D eigenvalue weighted by Crippen LogP contribution is 2.28. The highest BCUT2D eigenvalue weighted by atomic mass is 32.2. The lowest BCUT2D eigenvalue weighted by Gasteiger charge is -2.07. The van der Waals surface area contributed by atoms with Crippen LogP contribution >= 0.6 is 11.8 Å². The number of nitrogens with two attached hydrogens (primary N) is 1. The number of ether oxygens (including phenoxy) is 1. The largest absolute Gasteiger partial charge is 0.481 e. The lowest BCUT2D eigenvalue weighted by Crippen LogP contribution is -2.09. The molecule has 19 heavy (non-hydrogen) atoms. The Labute approximate surface area is 115 Å². The van der Waals surface area contributed by atoms with E-state index in [0.717, 1.165) is 30.7 Å². The topological polar surface area (TPSA) is 103 Å². The molecule has 0 atom stereocenters. The number of rotatable bonds is 9. The lowest BCUT2D eigenvalue weighted by atomic mass is 10.4. The molecule has 0 aliphatic heterocycles. The number of hydrogen-bond donors (Lipinski definition) is 2. The van der Waals surface area contributed by atoms with Crippen LogP contribution in [0.5, 0.6) is 0 Å². The van der Waals surface area contributed by atoms with Gasteiger partial charge in [-0.3, -0.25) is 9.36 Å². The molecule has 1 fully saturated rings. The molecular formula is C11H18N4O3S. The fourth-order valence-electron chi connectivity index (χ4n) is 1.60. The van der Waals surface area contributed by atoms with Gasteiger partial charge < -0.3 is 15.6 Å². The van der Waals surface area contributed by atoms with E-state index in [1.54, 1.807) is 4.57 Å². The second-order valence-electron chi connectivity index (χ2n) is 4.55. The average molecular weight is 286 g/mol. The van der Waals surface area contributed by atoms with Crippen molar-refractivity contribution in [2.75, 3.05) is 24.7 Å². The summed E-state index contributed by atoms with van der Waals surface area (Å²) in [5.41, 5.74) is 5.71. The number of carboxylic acid groups (broad SMARTS) is 1. The summed E-state index contributed by atoms with van der Waals surface area (Å²) in [7, 11) is 0. The minimum atomic E-state index is -0.883. The Morgan fingerprint density at radius 3 is 3.00 bits per heavy atom. The summed E-state index contributed by atoms with van der Waals surface area (Å²) in [6.07, 6.45) is 3.39. The van der Waals surface area contributed by atoms with Gasteiger partial charge in [-0.1, -0.05) is 11.8 Å². The van der Waals surface area contributed by atoms with Crippen LogP contribution in [-0.2, 0) is 16.1 Å². The van der Waals surface area contributed by atoms with Crippen molar-refractivity contribution in [2.24, 2.45) is 5.92 Å². The van der Waals surface area contributed by atoms with Gasteiger partial charge in [-0.15, -0.1) is 10.2 Å². The minimum absolute atomic E-state index is 0.0453. The zero-order valence-electron chi connectivity index (χ0n) is 10.6. The molecular weight excluding hydrogens is 268 g/mol. The molecule has 1 saturated carbocycles. The number of nitrogens with zero attached hydrogens (tertiary/aromatic N) is 3. The normalized spacial score (nSPS) is 14.7. The number of hydrogen-bond acceptors (Lipinski definition) is 6. The molecule has 8 heteroatoms. The van der Waals surface area contributed by atoms with Crippen molar-refractivity contribution in [3.8, 4) is 0 Å². The quantitative estimate of drug-likeness (QED) is 0.512. The molecule has 0 radical (unpaired) electrons. The van der Waals surface area contributed by atoms with Crippen molar-refractivity contribution in [3.63, 3.8) is 0 Å². The first kappa shape index (κ1) is 14.1. The Hall–Kier alpha value is -1.28. The van der Waals surface area contributed by atoms with Crippen LogP contribution < -0.4 is 5.73 Å². The number of aromatic nitrogens is 3. The maximum atomic E-state index is 10.5. The van der Waals surface area contributed by atoms with E-state index < -0.39 is 5.97 Å². The van der Waals surface area contributed by atoms with Crippen LogP contribution in [0.4, 0.5) is 5.95 Å². The van der Waals surface area contributed by atoms with Gasteiger partial charge in [0.25, 0.3) is 0 Å². The van der Waals surface area contributed by atoms with Crippen LogP contribution in [0.25, 0.3) is 0 Å². The Kier molecular flexibility index (Phi) is 5.03. The molecule has 106 valence electrons. The van der Waals surface area contributed by atoms with E-state index in [0.29, 0.717) is 24.3 Å². The molecule has 1 heterocycles. The molecule has 2 rings (SSSR count). The number of aliphatic carboxylic acids is 1. The van der Waals surface area contributed by atoms with Gasteiger partial charge in [-0.25, -0.2) is 0 Å². The first-order valence-corrected chi connectivity index (χ1v) is 7.26. The summed E-state index contributed by atoms with van der Waals surface area (Å²) in [6, 6.07) is 0. The van der Waals surface area contributed by atoms with Crippen molar-refractivity contribution in [3.05, 3.63) is 0 Å². The summed E-state index contributed by atoms with van der Waals surface area (Å²) in [6.45, 7) is 2.17. The second-order valence-corrected chi connectivity index (χ2v) is 5.49. The van der Waals surface area contributed by atoms with Gasteiger partial charge >= 0.3 is 5.97 Å². The van der Waals surface area contributed by atoms with Gasteiger partial charge in [-0.05, 0) is 25.2 Å². The molecule has 0 aromatic carbocycles. The smallest absolute Gasteiger partial charge is 0.313 e. The minimum Gasteiger partial charge on any atom is -0.481 e. The Balaban J connectivity index is 1.73. The fourth-order valence-corrected chi connectivity index (χ4v) is 2.29. The summed E-state index contributed by atoms with van der Waals surface area (Å²) < 4.78 is 7.27. The third-order valence-corrected chi connectivity index (χ3v) is 3.74. The Morgan fingerprint density at radius 1 is 1.53 bits per heavy atom. The third kappa shape index (κ3) is 4.71. The molecule has 0 saturated heterocycles. The predicted molar refractivity (Wildman–Crippen MR) is 71.0 cm³/mol. The average Bonchev–Trinajstić information content (AvgIpc) is 3.12. The van der Waals surface area contributed by atoms with Gasteiger partial charge in [-0.2, -0.15) is 0 Å². The van der Waals surface area contributed by atoms with Gasteiger partial charge in [0, 0.05) is 19.8 Å². The molecule has 1 aliphatic rings. The van der Waals surface area contributed by atoms with Crippen molar-refractivity contribution in [2.45, 2.75) is 31.0 Å². The molecule has 1 aromatic rings. The fraction of sp³-hybridized carbons (Fsp3) is 0.727. The predicted octanol–water partition coefficient (Wildman–Crippen LogP) is 0.854. The van der Waals surface area contributed by atoms with E-state index in [2.05, 4.69) is 10.2 Å². The molecule has 1 aromatic heterocycles. The monoisotopic (exact) mass is 286 g/mol. The van der Waals surface area contributed by atoms with Crippen LogP contribution in [0.15, 0.2) is 5.16 Å². The third-order valence-electron chi connectivity index (χ3n) is 2.79. The summed E-state index contributed by atoms with van der Waals surface area (Å²) in [5.74, 6) is 0.152. The van der Waals surface area contributed by atoms with Crippen LogP contribution in [0.2, 0.25) is 0 Å². The summed E-state index contributed by atoms with van der Waals surface area (Å²) in [5, 5.41) is 16.8. The molecule has 0 spiro atoms. The van der Waals surface area contributed by atoms with E-state index in [1.807, 2.05) is 0 Å². The Morgan fingerprint density at radius 2 is 2.32 bits per heavy atom. The molecule has 3 N–H and O–H groups in total. The molecule has 0 bridgehead atoms. The van der Waals surface area contributed by atoms with Gasteiger partial charge in [0.15, 0.2) is 5.16 Å². The van der Waals surface area contributed by atoms with Crippen molar-refractivity contribution in [1.82, 2.24) is 14.8 Å². The summed E-state index contributed by atoms with van der Waals surface area (Å²) >= 11 is 1.12. The van der Waals surface area contributed by atoms with E-state index in [1.165, 1.54) is 12.8 Å². The number of carboxylic acids is 1. The number of thioether (sulfide) groups is 1. The highest BCUT2D eigenvalue weighted by Gasteiger charge is 2.20. The number of carbonyl (C=O) groups is 1.